The summed E-state index contributed by atoms with van der Waals surface area (Å²) in [7, 11) is 0. The van der Waals surface area contributed by atoms with Crippen LogP contribution in [-0.2, 0) is 5.41 Å². The average molecular weight is 834 g/mol. The minimum Gasteiger partial charge on any atom is -0.456 e. The molecule has 13 aromatic rings. The summed E-state index contributed by atoms with van der Waals surface area (Å²) in [5, 5.41) is 6.84. The van der Waals surface area contributed by atoms with Crippen molar-refractivity contribution in [2.75, 3.05) is 0 Å². The molecule has 2 aliphatic carbocycles. The Labute approximate surface area is 369 Å². The second-order valence-corrected chi connectivity index (χ2v) is 18.1. The lowest BCUT2D eigenvalue weighted by Crippen LogP contribution is -2.26. The summed E-state index contributed by atoms with van der Waals surface area (Å²) in [5.74, 6) is 1.83. The number of rotatable bonds is 3. The molecule has 2 aliphatic rings. The van der Waals surface area contributed by atoms with E-state index in [0.29, 0.717) is 17.5 Å². The van der Waals surface area contributed by atoms with Crippen LogP contribution in [-0.4, -0.2) is 15.0 Å². The van der Waals surface area contributed by atoms with E-state index in [4.69, 9.17) is 23.8 Å². The van der Waals surface area contributed by atoms with Crippen LogP contribution in [0.25, 0.3) is 120 Å². The molecule has 5 nitrogen and oxygen atoms in total. The van der Waals surface area contributed by atoms with Crippen molar-refractivity contribution in [3.05, 3.63) is 210 Å². The van der Waals surface area contributed by atoms with E-state index in [1.165, 1.54) is 64.7 Å². The highest BCUT2D eigenvalue weighted by molar-refractivity contribution is 7.25. The summed E-state index contributed by atoms with van der Waals surface area (Å²) in [6.07, 6.45) is 0. The van der Waals surface area contributed by atoms with E-state index in [0.717, 1.165) is 60.6 Å². The molecule has 0 saturated heterocycles. The van der Waals surface area contributed by atoms with Gasteiger partial charge in [-0.2, -0.15) is 0 Å². The standard InChI is InChI=1S/C58H31N3O2S/c1-2-12-32(13-3-1)55-59-56(33-23-27-52-43(28-33)38-17-7-11-21-51(38)64-52)61-57(60-55)34-22-24-40-49(29-34)63-48-26-25-39-41-30-42-37-16-6-10-20-47(37)62-50(42)31-46(41)58(54(39)53(40)48)44-18-8-4-14-35(44)36-15-5-9-19-45(36)58/h1-31H. The van der Waals surface area contributed by atoms with Gasteiger partial charge in [0.05, 0.1) is 5.41 Å². The van der Waals surface area contributed by atoms with Gasteiger partial charge in [-0.1, -0.05) is 127 Å². The van der Waals surface area contributed by atoms with Crippen molar-refractivity contribution in [3.63, 3.8) is 0 Å². The molecule has 0 amide bonds. The maximum absolute atomic E-state index is 6.96. The SMILES string of the molecule is c1ccc(-c2nc(-c3ccc4c(c3)oc3ccc5c(c34)C3(c4ccccc4-c4ccccc43)c3cc4oc6ccccc6c4cc3-5)nc(-c3ccc4sc5ccccc5c4c3)n2)cc1. The first-order valence-electron chi connectivity index (χ1n) is 21.6. The smallest absolute Gasteiger partial charge is 0.164 e. The fraction of sp³-hybridized carbons (Fsp3) is 0.0172. The molecule has 0 saturated carbocycles. The number of furan rings is 2. The van der Waals surface area contributed by atoms with Gasteiger partial charge in [-0.25, -0.2) is 15.0 Å². The third-order valence-electron chi connectivity index (χ3n) is 13.7. The van der Waals surface area contributed by atoms with Gasteiger partial charge in [-0.15, -0.1) is 11.3 Å². The zero-order valence-electron chi connectivity index (χ0n) is 34.0. The highest BCUT2D eigenvalue weighted by Crippen LogP contribution is 2.65. The minimum atomic E-state index is -0.609. The van der Waals surface area contributed by atoms with E-state index in [1.807, 2.05) is 36.4 Å². The molecule has 0 fully saturated rings. The highest BCUT2D eigenvalue weighted by Gasteiger charge is 2.53. The van der Waals surface area contributed by atoms with Gasteiger partial charge in [0.25, 0.3) is 0 Å². The lowest BCUT2D eigenvalue weighted by Gasteiger charge is -2.31. The van der Waals surface area contributed by atoms with Gasteiger partial charge >= 0.3 is 0 Å². The molecule has 4 aromatic heterocycles. The van der Waals surface area contributed by atoms with Gasteiger partial charge in [0.15, 0.2) is 17.5 Å². The molecule has 296 valence electrons. The van der Waals surface area contributed by atoms with Crippen LogP contribution in [0.3, 0.4) is 0 Å². The Hall–Kier alpha value is -8.19. The predicted octanol–water partition coefficient (Wildman–Crippen LogP) is 15.4. The number of hydrogen-bond acceptors (Lipinski definition) is 6. The second-order valence-electron chi connectivity index (χ2n) is 17.0. The average Bonchev–Trinajstić information content (AvgIpc) is 4.15. The first kappa shape index (κ1) is 34.4. The van der Waals surface area contributed by atoms with E-state index < -0.39 is 5.41 Å². The molecule has 0 N–H and O–H groups in total. The molecule has 0 atom stereocenters. The van der Waals surface area contributed by atoms with E-state index in [9.17, 15) is 0 Å². The zero-order chi connectivity index (χ0) is 41.7. The Morgan fingerprint density at radius 1 is 0.344 bits per heavy atom. The topological polar surface area (TPSA) is 65.0 Å². The van der Waals surface area contributed by atoms with Crippen LogP contribution < -0.4 is 0 Å². The van der Waals surface area contributed by atoms with Crippen molar-refractivity contribution in [3.8, 4) is 56.4 Å². The van der Waals surface area contributed by atoms with E-state index >= 15 is 0 Å². The van der Waals surface area contributed by atoms with Crippen LogP contribution >= 0.6 is 11.3 Å². The van der Waals surface area contributed by atoms with Crippen molar-refractivity contribution in [1.82, 2.24) is 15.0 Å². The number of fused-ring (bicyclic) bond motifs is 20. The van der Waals surface area contributed by atoms with Crippen molar-refractivity contribution in [2.24, 2.45) is 0 Å². The second kappa shape index (κ2) is 12.5. The quantitative estimate of drug-likeness (QED) is 0.177. The van der Waals surface area contributed by atoms with Crippen LogP contribution in [0.5, 0.6) is 0 Å². The fourth-order valence-electron chi connectivity index (χ4n) is 11.1. The molecular weight excluding hydrogens is 803 g/mol. The molecule has 0 unspecified atom stereocenters. The van der Waals surface area contributed by atoms with Gasteiger partial charge in [-0.3, -0.25) is 0 Å². The van der Waals surface area contributed by atoms with Gasteiger partial charge in [-0.05, 0) is 105 Å². The van der Waals surface area contributed by atoms with Gasteiger partial charge in [0.1, 0.15) is 22.3 Å². The number of para-hydroxylation sites is 1. The Bertz CT molecular complexity index is 4110. The van der Waals surface area contributed by atoms with E-state index in [1.54, 1.807) is 11.3 Å². The largest absolute Gasteiger partial charge is 0.456 e. The summed E-state index contributed by atoms with van der Waals surface area (Å²) < 4.78 is 16.1. The number of hydrogen-bond donors (Lipinski definition) is 0. The first-order valence-corrected chi connectivity index (χ1v) is 22.4. The molecule has 15 rings (SSSR count). The molecule has 64 heavy (non-hydrogen) atoms. The lowest BCUT2D eigenvalue weighted by molar-refractivity contribution is 0.666. The van der Waals surface area contributed by atoms with Crippen molar-refractivity contribution in [1.29, 1.82) is 0 Å². The van der Waals surface area contributed by atoms with Gasteiger partial charge < -0.3 is 8.83 Å². The Morgan fingerprint density at radius 3 is 1.78 bits per heavy atom. The van der Waals surface area contributed by atoms with Crippen molar-refractivity contribution < 1.29 is 8.83 Å². The summed E-state index contributed by atoms with van der Waals surface area (Å²) in [6.45, 7) is 0. The Morgan fingerprint density at radius 2 is 0.969 bits per heavy atom. The van der Waals surface area contributed by atoms with Crippen LogP contribution in [0, 0.1) is 0 Å². The molecule has 0 aliphatic heterocycles. The van der Waals surface area contributed by atoms with E-state index in [2.05, 4.69) is 152 Å². The number of benzene rings is 9. The van der Waals surface area contributed by atoms with Gasteiger partial charge in [0, 0.05) is 58.4 Å². The van der Waals surface area contributed by atoms with Crippen LogP contribution in [0.2, 0.25) is 0 Å². The molecule has 1 spiro atoms. The summed E-state index contributed by atoms with van der Waals surface area (Å²) in [6, 6.07) is 67.0. The third-order valence-corrected chi connectivity index (χ3v) is 14.9. The molecule has 4 heterocycles. The fourth-order valence-corrected chi connectivity index (χ4v) is 12.2. The van der Waals surface area contributed by atoms with Crippen LogP contribution in [0.1, 0.15) is 22.3 Å². The van der Waals surface area contributed by atoms with Crippen molar-refractivity contribution >= 4 is 75.4 Å². The summed E-state index contributed by atoms with van der Waals surface area (Å²) in [4.78, 5) is 15.4. The number of aromatic nitrogens is 3. The Balaban J connectivity index is 0.972. The van der Waals surface area contributed by atoms with Gasteiger partial charge in [0.2, 0.25) is 0 Å². The molecular formula is C58H31N3O2S. The molecule has 0 radical (unpaired) electrons. The number of nitrogens with zero attached hydrogens (tertiary/aromatic N) is 3. The zero-order valence-corrected chi connectivity index (χ0v) is 34.8. The normalized spacial score (nSPS) is 13.4. The maximum Gasteiger partial charge on any atom is 0.164 e. The molecule has 0 bridgehead atoms. The highest BCUT2D eigenvalue weighted by atomic mass is 32.1. The summed E-state index contributed by atoms with van der Waals surface area (Å²) in [5.41, 5.74) is 15.4. The first-order chi connectivity index (χ1) is 31.7. The van der Waals surface area contributed by atoms with E-state index in [-0.39, 0.29) is 0 Å². The Kier molecular flexibility index (Phi) is 6.70. The monoisotopic (exact) mass is 833 g/mol. The molecule has 6 heteroatoms. The number of thiophene rings is 1. The summed E-state index contributed by atoms with van der Waals surface area (Å²) >= 11 is 1.80. The lowest BCUT2D eigenvalue weighted by atomic mass is 9.69. The van der Waals surface area contributed by atoms with Crippen LogP contribution in [0.4, 0.5) is 0 Å². The third kappa shape index (κ3) is 4.49. The minimum absolute atomic E-state index is 0.587. The van der Waals surface area contributed by atoms with Crippen molar-refractivity contribution in [2.45, 2.75) is 5.41 Å². The predicted molar refractivity (Wildman–Crippen MR) is 260 cm³/mol. The maximum atomic E-state index is 6.96. The van der Waals surface area contributed by atoms with Crippen LogP contribution in [0.15, 0.2) is 197 Å². The molecule has 9 aromatic carbocycles.